The van der Waals surface area contributed by atoms with Gasteiger partial charge in [0.1, 0.15) is 5.76 Å². The van der Waals surface area contributed by atoms with Gasteiger partial charge < -0.3 is 9.84 Å². The van der Waals surface area contributed by atoms with E-state index < -0.39 is 5.60 Å². The van der Waals surface area contributed by atoms with E-state index in [1.165, 1.54) is 0 Å². The predicted octanol–water partition coefficient (Wildman–Crippen LogP) is 6.02. The maximum absolute atomic E-state index is 13.7. The zero-order chi connectivity index (χ0) is 21.0. The van der Waals surface area contributed by atoms with Crippen molar-refractivity contribution in [2.45, 2.75) is 31.8 Å². The Morgan fingerprint density at radius 1 is 1.17 bits per heavy atom. The molecule has 30 heavy (non-hydrogen) atoms. The van der Waals surface area contributed by atoms with Crippen LogP contribution < -0.4 is 0 Å². The van der Waals surface area contributed by atoms with Crippen LogP contribution in [0.25, 0.3) is 16.7 Å². The molecule has 4 heteroatoms. The number of ketones is 1. The van der Waals surface area contributed by atoms with Crippen LogP contribution in [0.5, 0.6) is 0 Å². The fourth-order valence-electron chi connectivity index (χ4n) is 5.67. The Balaban J connectivity index is 1.64. The number of halogens is 1. The van der Waals surface area contributed by atoms with Gasteiger partial charge in [0.15, 0.2) is 5.78 Å². The van der Waals surface area contributed by atoms with Crippen LogP contribution in [-0.2, 0) is 16.0 Å². The van der Waals surface area contributed by atoms with E-state index in [0.717, 1.165) is 41.5 Å². The lowest BCUT2D eigenvalue weighted by atomic mass is 9.60. The Morgan fingerprint density at radius 2 is 1.90 bits per heavy atom. The second-order valence-electron chi connectivity index (χ2n) is 8.58. The number of carbonyl (C=O) groups excluding carboxylic acids is 1. The van der Waals surface area contributed by atoms with E-state index in [1.807, 2.05) is 30.3 Å². The first-order chi connectivity index (χ1) is 14.5. The van der Waals surface area contributed by atoms with E-state index >= 15 is 0 Å². The number of aryl methyl sites for hydroxylation is 1. The second-order valence-corrected chi connectivity index (χ2v) is 9.02. The SMILES string of the molecule is CCc1ccc(-c2ccc(Cl)cc2)cc1C1=C(O)[C@H]2[C@H]3C=C[C@](OC)(CC3)[C@H]2C1=O. The molecule has 4 aliphatic rings. The number of benzene rings is 2. The summed E-state index contributed by atoms with van der Waals surface area (Å²) in [7, 11) is 1.67. The Labute approximate surface area is 182 Å². The third kappa shape index (κ3) is 2.72. The Bertz CT molecular complexity index is 1080. The van der Waals surface area contributed by atoms with Crippen LogP contribution >= 0.6 is 11.6 Å². The molecular weight excluding hydrogens is 396 g/mol. The van der Waals surface area contributed by atoms with Crippen LogP contribution in [0.1, 0.15) is 30.9 Å². The number of aliphatic hydroxyl groups excluding tert-OH is 1. The van der Waals surface area contributed by atoms with Crippen molar-refractivity contribution < 1.29 is 14.6 Å². The number of Topliss-reactive ketones (excluding diaryl/α,β-unsaturated/α-hetero) is 1. The van der Waals surface area contributed by atoms with Gasteiger partial charge in [0, 0.05) is 18.1 Å². The summed E-state index contributed by atoms with van der Waals surface area (Å²) in [5.41, 5.74) is 3.81. The summed E-state index contributed by atoms with van der Waals surface area (Å²) in [5, 5.41) is 12.0. The smallest absolute Gasteiger partial charge is 0.173 e. The summed E-state index contributed by atoms with van der Waals surface area (Å²) >= 11 is 6.05. The number of hydrogen-bond donors (Lipinski definition) is 1. The van der Waals surface area contributed by atoms with Crippen molar-refractivity contribution in [3.05, 3.63) is 76.5 Å². The molecule has 0 radical (unpaired) electrons. The molecule has 0 saturated heterocycles. The monoisotopic (exact) mass is 420 g/mol. The Kier molecular flexibility index (Phi) is 4.64. The molecule has 1 fully saturated rings. The highest BCUT2D eigenvalue weighted by atomic mass is 35.5. The molecule has 3 nitrogen and oxygen atoms in total. The van der Waals surface area contributed by atoms with Gasteiger partial charge in [0.25, 0.3) is 0 Å². The Hall–Kier alpha value is -2.36. The molecular formula is C26H25ClO3. The van der Waals surface area contributed by atoms with Gasteiger partial charge in [0.2, 0.25) is 0 Å². The first kappa shape index (κ1) is 19.6. The van der Waals surface area contributed by atoms with Crippen molar-refractivity contribution in [1.82, 2.24) is 0 Å². The van der Waals surface area contributed by atoms with Crippen molar-refractivity contribution in [2.24, 2.45) is 17.8 Å². The molecule has 0 unspecified atom stereocenters. The molecule has 1 saturated carbocycles. The summed E-state index contributed by atoms with van der Waals surface area (Å²) in [4.78, 5) is 13.7. The number of fused-ring (bicyclic) bond motifs is 1. The average molecular weight is 421 g/mol. The Morgan fingerprint density at radius 3 is 2.53 bits per heavy atom. The predicted molar refractivity (Wildman–Crippen MR) is 119 cm³/mol. The molecule has 0 heterocycles. The standard InChI is InChI=1S/C26H25ClO3/c1-3-15-4-5-18(16-6-8-19(27)9-7-16)14-20(15)22-24(28)21-17-10-12-26(30-2,13-11-17)23(21)25(22)29/h4-10,12,14,17,21,23,28H,3,11,13H2,1-2H3/t17-,21-,23+,26-/m0/s1. The third-order valence-electron chi connectivity index (χ3n) is 7.26. The number of allylic oxidation sites excluding steroid dienone is 3. The second kappa shape index (κ2) is 7.11. The number of hydrogen-bond acceptors (Lipinski definition) is 3. The van der Waals surface area contributed by atoms with Crippen molar-refractivity contribution in [3.8, 4) is 11.1 Å². The maximum Gasteiger partial charge on any atom is 0.173 e. The van der Waals surface area contributed by atoms with Crippen molar-refractivity contribution >= 4 is 23.0 Å². The van der Waals surface area contributed by atoms with Gasteiger partial charge in [-0.3, -0.25) is 4.79 Å². The minimum atomic E-state index is -0.605. The van der Waals surface area contributed by atoms with Gasteiger partial charge in [-0.1, -0.05) is 54.9 Å². The molecule has 0 amide bonds. The highest BCUT2D eigenvalue weighted by Crippen LogP contribution is 2.57. The van der Waals surface area contributed by atoms with E-state index in [2.05, 4.69) is 31.2 Å². The highest BCUT2D eigenvalue weighted by Gasteiger charge is 2.60. The molecule has 2 bridgehead atoms. The fourth-order valence-corrected chi connectivity index (χ4v) is 5.80. The molecule has 4 aliphatic carbocycles. The van der Waals surface area contributed by atoms with E-state index in [1.54, 1.807) is 7.11 Å². The van der Waals surface area contributed by atoms with Gasteiger partial charge in [-0.2, -0.15) is 0 Å². The lowest BCUT2D eigenvalue weighted by Crippen LogP contribution is -2.52. The quantitative estimate of drug-likeness (QED) is 0.615. The van der Waals surface area contributed by atoms with Crippen LogP contribution in [-0.4, -0.2) is 23.6 Å². The summed E-state index contributed by atoms with van der Waals surface area (Å²) in [5.74, 6) is -0.0852. The first-order valence-electron chi connectivity index (χ1n) is 10.6. The first-order valence-corrected chi connectivity index (χ1v) is 11.0. The highest BCUT2D eigenvalue weighted by molar-refractivity contribution is 6.30. The van der Waals surface area contributed by atoms with Gasteiger partial charge in [0.05, 0.1) is 17.1 Å². The minimum absolute atomic E-state index is 0.0105. The van der Waals surface area contributed by atoms with Crippen LogP contribution in [0, 0.1) is 17.8 Å². The van der Waals surface area contributed by atoms with E-state index in [0.29, 0.717) is 10.6 Å². The van der Waals surface area contributed by atoms with E-state index in [-0.39, 0.29) is 29.3 Å². The lowest BCUT2D eigenvalue weighted by Gasteiger charge is -2.48. The topological polar surface area (TPSA) is 46.5 Å². The van der Waals surface area contributed by atoms with Crippen molar-refractivity contribution in [3.63, 3.8) is 0 Å². The number of aliphatic hydroxyl groups is 1. The fraction of sp³-hybridized carbons (Fsp3) is 0.346. The molecule has 154 valence electrons. The van der Waals surface area contributed by atoms with E-state index in [9.17, 15) is 9.90 Å². The van der Waals surface area contributed by atoms with Gasteiger partial charge in [-0.15, -0.1) is 0 Å². The molecule has 0 spiro atoms. The van der Waals surface area contributed by atoms with Crippen LogP contribution in [0.3, 0.4) is 0 Å². The summed E-state index contributed by atoms with van der Waals surface area (Å²) in [6.07, 6.45) is 6.73. The number of rotatable bonds is 4. The number of ether oxygens (including phenoxy) is 1. The lowest BCUT2D eigenvalue weighted by molar-refractivity contribution is -0.135. The van der Waals surface area contributed by atoms with Crippen LogP contribution in [0.15, 0.2) is 60.4 Å². The van der Waals surface area contributed by atoms with E-state index in [4.69, 9.17) is 16.3 Å². The minimum Gasteiger partial charge on any atom is -0.511 e. The molecule has 2 aromatic rings. The van der Waals surface area contributed by atoms with Gasteiger partial charge >= 0.3 is 0 Å². The molecule has 0 aliphatic heterocycles. The van der Waals surface area contributed by atoms with Crippen molar-refractivity contribution in [2.75, 3.05) is 7.11 Å². The molecule has 2 aromatic carbocycles. The summed E-state index contributed by atoms with van der Waals surface area (Å²) in [6, 6.07) is 13.8. The zero-order valence-electron chi connectivity index (χ0n) is 17.2. The molecule has 4 atom stereocenters. The van der Waals surface area contributed by atoms with Crippen molar-refractivity contribution in [1.29, 1.82) is 0 Å². The molecule has 1 N–H and O–H groups in total. The molecule has 6 rings (SSSR count). The maximum atomic E-state index is 13.7. The molecule has 0 aromatic heterocycles. The zero-order valence-corrected chi connectivity index (χ0v) is 17.9. The van der Waals surface area contributed by atoms with Crippen LogP contribution in [0.2, 0.25) is 5.02 Å². The normalized spacial score (nSPS) is 29.6. The largest absolute Gasteiger partial charge is 0.511 e. The third-order valence-corrected chi connectivity index (χ3v) is 7.51. The summed E-state index contributed by atoms with van der Waals surface area (Å²) in [6.45, 7) is 2.08. The average Bonchev–Trinajstić information content (AvgIpc) is 3.07. The number of methoxy groups -OCH3 is 1. The van der Waals surface area contributed by atoms with Gasteiger partial charge in [-0.25, -0.2) is 0 Å². The van der Waals surface area contributed by atoms with Gasteiger partial charge in [-0.05, 0) is 65.6 Å². The number of carbonyl (C=O) groups is 1. The van der Waals surface area contributed by atoms with Crippen LogP contribution in [0.4, 0.5) is 0 Å². The summed E-state index contributed by atoms with van der Waals surface area (Å²) < 4.78 is 5.89.